The second kappa shape index (κ2) is 4.02. The zero-order valence-corrected chi connectivity index (χ0v) is 10.9. The first kappa shape index (κ1) is 11.9. The summed E-state index contributed by atoms with van der Waals surface area (Å²) in [6, 6.07) is 1.07. The van der Waals surface area contributed by atoms with Crippen molar-refractivity contribution in [2.75, 3.05) is 13.6 Å². The summed E-state index contributed by atoms with van der Waals surface area (Å²) in [5.74, 6) is 0.584. The molecule has 2 saturated heterocycles. The van der Waals surface area contributed by atoms with Gasteiger partial charge in [-0.15, -0.1) is 0 Å². The molecular weight excluding hydrogens is 200 g/mol. The monoisotopic (exact) mass is 224 g/mol. The van der Waals surface area contributed by atoms with E-state index in [4.69, 9.17) is 0 Å². The van der Waals surface area contributed by atoms with Gasteiger partial charge >= 0.3 is 0 Å². The predicted molar refractivity (Wildman–Crippen MR) is 65.1 cm³/mol. The Labute approximate surface area is 98.6 Å². The highest BCUT2D eigenvalue weighted by Gasteiger charge is 2.43. The largest absolute Gasteiger partial charge is 0.345 e. The summed E-state index contributed by atoms with van der Waals surface area (Å²) in [6.45, 7) is 7.38. The molecule has 3 nitrogen and oxygen atoms in total. The molecule has 0 radical (unpaired) electrons. The molecule has 2 rings (SSSR count). The molecule has 0 saturated carbocycles. The van der Waals surface area contributed by atoms with Crippen molar-refractivity contribution in [3.63, 3.8) is 0 Å². The SMILES string of the molecule is CN(CC(C)(C)C)C(=O)C1CC2CCC1N2. The summed E-state index contributed by atoms with van der Waals surface area (Å²) in [6.07, 6.45) is 3.50. The van der Waals surface area contributed by atoms with Crippen molar-refractivity contribution in [3.8, 4) is 0 Å². The first-order valence-electron chi connectivity index (χ1n) is 6.38. The van der Waals surface area contributed by atoms with Gasteiger partial charge in [0.25, 0.3) is 0 Å². The Hall–Kier alpha value is -0.570. The minimum absolute atomic E-state index is 0.190. The Morgan fingerprint density at radius 3 is 2.50 bits per heavy atom. The van der Waals surface area contributed by atoms with Gasteiger partial charge in [-0.05, 0) is 24.7 Å². The van der Waals surface area contributed by atoms with Gasteiger partial charge in [0.15, 0.2) is 0 Å². The second-order valence-electron chi connectivity index (χ2n) is 6.64. The molecule has 92 valence electrons. The quantitative estimate of drug-likeness (QED) is 0.773. The van der Waals surface area contributed by atoms with Crippen LogP contribution >= 0.6 is 0 Å². The molecule has 2 aliphatic rings. The van der Waals surface area contributed by atoms with Crippen molar-refractivity contribution in [1.82, 2.24) is 10.2 Å². The molecule has 2 aliphatic heterocycles. The molecule has 2 heterocycles. The number of carbonyl (C=O) groups excluding carboxylic acids is 1. The highest BCUT2D eigenvalue weighted by molar-refractivity contribution is 5.80. The maximum absolute atomic E-state index is 12.3. The van der Waals surface area contributed by atoms with Crippen molar-refractivity contribution in [1.29, 1.82) is 0 Å². The third-order valence-corrected chi connectivity index (χ3v) is 3.70. The highest BCUT2D eigenvalue weighted by atomic mass is 16.2. The van der Waals surface area contributed by atoms with Gasteiger partial charge in [-0.1, -0.05) is 20.8 Å². The van der Waals surface area contributed by atoms with Gasteiger partial charge in [0.05, 0.1) is 5.92 Å². The van der Waals surface area contributed by atoms with Gasteiger partial charge in [0, 0.05) is 25.7 Å². The summed E-state index contributed by atoms with van der Waals surface area (Å²) >= 11 is 0. The van der Waals surface area contributed by atoms with Crippen LogP contribution in [0.2, 0.25) is 0 Å². The van der Waals surface area contributed by atoms with E-state index in [1.807, 2.05) is 11.9 Å². The van der Waals surface area contributed by atoms with Crippen molar-refractivity contribution < 1.29 is 4.79 Å². The van der Waals surface area contributed by atoms with E-state index >= 15 is 0 Å². The van der Waals surface area contributed by atoms with E-state index < -0.39 is 0 Å². The number of amides is 1. The first-order chi connectivity index (χ1) is 7.37. The fourth-order valence-electron chi connectivity index (χ4n) is 3.17. The van der Waals surface area contributed by atoms with Crippen molar-refractivity contribution in [2.24, 2.45) is 11.3 Å². The van der Waals surface area contributed by atoms with E-state index in [0.29, 0.717) is 18.0 Å². The molecule has 0 aromatic carbocycles. The lowest BCUT2D eigenvalue weighted by Crippen LogP contribution is -2.42. The van der Waals surface area contributed by atoms with Gasteiger partial charge in [0.2, 0.25) is 5.91 Å². The van der Waals surface area contributed by atoms with Gasteiger partial charge in [-0.25, -0.2) is 0 Å². The minimum Gasteiger partial charge on any atom is -0.345 e. The Morgan fingerprint density at radius 2 is 2.06 bits per heavy atom. The molecule has 0 spiro atoms. The Balaban J connectivity index is 1.92. The van der Waals surface area contributed by atoms with Gasteiger partial charge < -0.3 is 10.2 Å². The Kier molecular flexibility index (Phi) is 2.99. The number of fused-ring (bicyclic) bond motifs is 2. The van der Waals surface area contributed by atoms with E-state index in [1.165, 1.54) is 12.8 Å². The van der Waals surface area contributed by atoms with Crippen LogP contribution in [0.15, 0.2) is 0 Å². The third-order valence-electron chi connectivity index (χ3n) is 3.70. The maximum atomic E-state index is 12.3. The molecule has 3 heteroatoms. The lowest BCUT2D eigenvalue weighted by Gasteiger charge is -2.30. The molecule has 3 atom stereocenters. The molecule has 0 aromatic rings. The smallest absolute Gasteiger partial charge is 0.227 e. The van der Waals surface area contributed by atoms with Gasteiger partial charge in [0.1, 0.15) is 0 Å². The summed E-state index contributed by atoms with van der Waals surface area (Å²) in [7, 11) is 1.94. The van der Waals surface area contributed by atoms with E-state index in [0.717, 1.165) is 13.0 Å². The van der Waals surface area contributed by atoms with Crippen LogP contribution in [-0.2, 0) is 4.79 Å². The summed E-state index contributed by atoms with van der Waals surface area (Å²) < 4.78 is 0. The molecule has 0 aliphatic carbocycles. The second-order valence-corrected chi connectivity index (χ2v) is 6.64. The lowest BCUT2D eigenvalue weighted by atomic mass is 9.87. The zero-order valence-electron chi connectivity index (χ0n) is 10.9. The molecule has 2 bridgehead atoms. The summed E-state index contributed by atoms with van der Waals surface area (Å²) in [4.78, 5) is 14.2. The molecular formula is C13H24N2O. The third kappa shape index (κ3) is 2.40. The van der Waals surface area contributed by atoms with E-state index in [2.05, 4.69) is 26.1 Å². The minimum atomic E-state index is 0.190. The van der Waals surface area contributed by atoms with Crippen LogP contribution in [0.1, 0.15) is 40.0 Å². The van der Waals surface area contributed by atoms with Crippen molar-refractivity contribution >= 4 is 5.91 Å². The maximum Gasteiger partial charge on any atom is 0.227 e. The zero-order chi connectivity index (χ0) is 11.9. The number of carbonyl (C=O) groups is 1. The molecule has 1 amide bonds. The van der Waals surface area contributed by atoms with Gasteiger partial charge in [-0.2, -0.15) is 0 Å². The molecule has 3 unspecified atom stereocenters. The Morgan fingerprint density at radius 1 is 1.38 bits per heavy atom. The fourth-order valence-corrected chi connectivity index (χ4v) is 3.17. The number of hydrogen-bond acceptors (Lipinski definition) is 2. The average Bonchev–Trinajstić information content (AvgIpc) is 2.74. The number of rotatable bonds is 2. The summed E-state index contributed by atoms with van der Waals surface area (Å²) in [5.41, 5.74) is 0.190. The van der Waals surface area contributed by atoms with Crippen LogP contribution in [0.3, 0.4) is 0 Å². The molecule has 0 aromatic heterocycles. The van der Waals surface area contributed by atoms with Crippen LogP contribution in [0.25, 0.3) is 0 Å². The fraction of sp³-hybridized carbons (Fsp3) is 0.923. The van der Waals surface area contributed by atoms with Crippen LogP contribution in [-0.4, -0.2) is 36.5 Å². The average molecular weight is 224 g/mol. The van der Waals surface area contributed by atoms with E-state index in [1.54, 1.807) is 0 Å². The normalized spacial score (nSPS) is 33.1. The highest BCUT2D eigenvalue weighted by Crippen LogP contribution is 2.34. The van der Waals surface area contributed by atoms with Crippen LogP contribution in [0.4, 0.5) is 0 Å². The lowest BCUT2D eigenvalue weighted by molar-refractivity contribution is -0.136. The van der Waals surface area contributed by atoms with Gasteiger partial charge in [-0.3, -0.25) is 4.79 Å². The van der Waals surface area contributed by atoms with Crippen LogP contribution in [0, 0.1) is 11.3 Å². The molecule has 16 heavy (non-hydrogen) atoms. The molecule has 1 N–H and O–H groups in total. The van der Waals surface area contributed by atoms with E-state index in [9.17, 15) is 4.79 Å². The number of nitrogens with one attached hydrogen (secondary N) is 1. The Bertz CT molecular complexity index is 282. The number of nitrogens with zero attached hydrogens (tertiary/aromatic N) is 1. The summed E-state index contributed by atoms with van der Waals surface area (Å²) in [5, 5.41) is 3.53. The topological polar surface area (TPSA) is 32.3 Å². The van der Waals surface area contributed by atoms with Crippen LogP contribution < -0.4 is 5.32 Å². The van der Waals surface area contributed by atoms with E-state index in [-0.39, 0.29) is 11.3 Å². The van der Waals surface area contributed by atoms with Crippen LogP contribution in [0.5, 0.6) is 0 Å². The first-order valence-corrected chi connectivity index (χ1v) is 6.38. The molecule has 2 fully saturated rings. The standard InChI is InChI=1S/C13H24N2O/c1-13(2,3)8-15(4)12(16)10-7-9-5-6-11(10)14-9/h9-11,14H,5-8H2,1-4H3. The number of hydrogen-bond donors (Lipinski definition) is 1. The van der Waals surface area contributed by atoms with Crippen molar-refractivity contribution in [2.45, 2.75) is 52.1 Å². The predicted octanol–water partition coefficient (Wildman–Crippen LogP) is 1.63. The van der Waals surface area contributed by atoms with Crippen molar-refractivity contribution in [3.05, 3.63) is 0 Å².